The number of nitrogens with zero attached hydrogens (tertiary/aromatic N) is 3. The largest absolute Gasteiger partial charge is 0.361 e. The molecule has 1 heterocycles. The highest BCUT2D eigenvalue weighted by atomic mass is 16.6. The van der Waals surface area contributed by atoms with Gasteiger partial charge in [0.2, 0.25) is 11.8 Å². The Kier molecular flexibility index (Phi) is 4.36. The van der Waals surface area contributed by atoms with E-state index in [1.165, 1.54) is 0 Å². The van der Waals surface area contributed by atoms with E-state index >= 15 is 0 Å². The van der Waals surface area contributed by atoms with Crippen LogP contribution in [0.2, 0.25) is 0 Å². The highest BCUT2D eigenvalue weighted by Crippen LogP contribution is 2.38. The van der Waals surface area contributed by atoms with Crippen molar-refractivity contribution >= 4 is 17.5 Å². The summed E-state index contributed by atoms with van der Waals surface area (Å²) in [5.74, 6) is 1.38. The molecule has 0 amide bonds. The van der Waals surface area contributed by atoms with Crippen LogP contribution in [0.4, 0.5) is 17.5 Å². The molecule has 0 aliphatic heterocycles. The summed E-state index contributed by atoms with van der Waals surface area (Å²) >= 11 is 0. The van der Waals surface area contributed by atoms with Gasteiger partial charge in [-0.15, -0.1) is 0 Å². The molecular formula is C13H21N5O2. The van der Waals surface area contributed by atoms with Gasteiger partial charge in [0.05, 0.1) is 4.92 Å². The quantitative estimate of drug-likeness (QED) is 0.589. The van der Waals surface area contributed by atoms with Crippen LogP contribution in [0.5, 0.6) is 0 Å². The fourth-order valence-electron chi connectivity index (χ4n) is 2.25. The Morgan fingerprint density at radius 3 is 2.70 bits per heavy atom. The highest BCUT2D eigenvalue weighted by molar-refractivity contribution is 5.61. The Hall–Kier alpha value is -1.92. The standard InChI is InChI=1S/C13H21N5O2/c1-4-6-14-13-15-8(3)11(18(19)20)12(17-13)16-10-7-9(10)5-2/h9-10H,4-7H2,1-3H3,(H2,14,15,16,17). The van der Waals surface area contributed by atoms with Gasteiger partial charge in [-0.2, -0.15) is 4.98 Å². The summed E-state index contributed by atoms with van der Waals surface area (Å²) in [5.41, 5.74) is 0.369. The lowest BCUT2D eigenvalue weighted by molar-refractivity contribution is -0.385. The van der Waals surface area contributed by atoms with Crippen molar-refractivity contribution in [1.82, 2.24) is 9.97 Å². The zero-order valence-corrected chi connectivity index (χ0v) is 12.1. The van der Waals surface area contributed by atoms with E-state index in [4.69, 9.17) is 0 Å². The zero-order chi connectivity index (χ0) is 14.7. The number of hydrogen-bond acceptors (Lipinski definition) is 6. The van der Waals surface area contributed by atoms with Crippen LogP contribution in [0, 0.1) is 23.0 Å². The van der Waals surface area contributed by atoms with Gasteiger partial charge in [-0.25, -0.2) is 4.98 Å². The summed E-state index contributed by atoms with van der Waals surface area (Å²) in [4.78, 5) is 19.2. The second-order valence-electron chi connectivity index (χ2n) is 5.17. The summed E-state index contributed by atoms with van der Waals surface area (Å²) in [6.45, 7) is 6.56. The number of aryl methyl sites for hydroxylation is 1. The van der Waals surface area contributed by atoms with Crippen LogP contribution in [-0.2, 0) is 0 Å². The molecule has 1 aliphatic rings. The molecule has 0 spiro atoms. The van der Waals surface area contributed by atoms with Gasteiger partial charge in [0.1, 0.15) is 5.69 Å². The van der Waals surface area contributed by atoms with Gasteiger partial charge in [0.25, 0.3) is 0 Å². The molecule has 1 saturated carbocycles. The Labute approximate surface area is 118 Å². The molecule has 1 fully saturated rings. The minimum absolute atomic E-state index is 0.0196. The first-order valence-corrected chi connectivity index (χ1v) is 7.10. The van der Waals surface area contributed by atoms with Crippen molar-refractivity contribution in [1.29, 1.82) is 0 Å². The van der Waals surface area contributed by atoms with Crippen LogP contribution in [0.15, 0.2) is 0 Å². The number of rotatable bonds is 7. The SMILES string of the molecule is CCCNc1nc(C)c([N+](=O)[O-])c(NC2CC2CC)n1. The van der Waals surface area contributed by atoms with Crippen LogP contribution in [0.1, 0.15) is 38.8 Å². The van der Waals surface area contributed by atoms with Gasteiger partial charge in [0, 0.05) is 12.6 Å². The second-order valence-corrected chi connectivity index (χ2v) is 5.17. The first kappa shape index (κ1) is 14.5. The monoisotopic (exact) mass is 279 g/mol. The molecule has 1 aliphatic carbocycles. The van der Waals surface area contributed by atoms with E-state index in [2.05, 4.69) is 27.5 Å². The van der Waals surface area contributed by atoms with Gasteiger partial charge in [-0.3, -0.25) is 10.1 Å². The number of nitrogens with one attached hydrogen (secondary N) is 2. The topological polar surface area (TPSA) is 93.0 Å². The first-order chi connectivity index (χ1) is 9.56. The lowest BCUT2D eigenvalue weighted by Crippen LogP contribution is -2.13. The van der Waals surface area contributed by atoms with Crippen molar-refractivity contribution < 1.29 is 4.92 Å². The van der Waals surface area contributed by atoms with Crippen LogP contribution in [0.25, 0.3) is 0 Å². The molecule has 1 aromatic heterocycles. The van der Waals surface area contributed by atoms with E-state index in [0.717, 1.165) is 25.8 Å². The van der Waals surface area contributed by atoms with Crippen molar-refractivity contribution in [2.45, 2.75) is 46.1 Å². The number of nitro groups is 1. The molecular weight excluding hydrogens is 258 g/mol. The maximum atomic E-state index is 11.2. The maximum absolute atomic E-state index is 11.2. The van der Waals surface area contributed by atoms with E-state index in [-0.39, 0.29) is 5.69 Å². The molecule has 0 radical (unpaired) electrons. The molecule has 7 nitrogen and oxygen atoms in total. The normalized spacial score (nSPS) is 20.6. The second kappa shape index (κ2) is 6.02. The zero-order valence-electron chi connectivity index (χ0n) is 12.1. The number of hydrogen-bond donors (Lipinski definition) is 2. The van der Waals surface area contributed by atoms with E-state index in [1.807, 2.05) is 6.92 Å². The summed E-state index contributed by atoms with van der Waals surface area (Å²) in [6, 6.07) is 0.298. The van der Waals surface area contributed by atoms with E-state index in [9.17, 15) is 10.1 Å². The van der Waals surface area contributed by atoms with Crippen molar-refractivity contribution in [2.24, 2.45) is 5.92 Å². The van der Waals surface area contributed by atoms with Crippen molar-refractivity contribution in [2.75, 3.05) is 17.2 Å². The summed E-state index contributed by atoms with van der Waals surface area (Å²) in [7, 11) is 0. The molecule has 20 heavy (non-hydrogen) atoms. The summed E-state index contributed by atoms with van der Waals surface area (Å²) in [6.07, 6.45) is 3.08. The van der Waals surface area contributed by atoms with Gasteiger partial charge < -0.3 is 10.6 Å². The van der Waals surface area contributed by atoms with E-state index < -0.39 is 4.92 Å². The predicted octanol–water partition coefficient (Wildman–Crippen LogP) is 2.73. The molecule has 2 rings (SSSR count). The molecule has 110 valence electrons. The number of anilines is 2. The molecule has 2 atom stereocenters. The Bertz CT molecular complexity index is 506. The Morgan fingerprint density at radius 2 is 2.15 bits per heavy atom. The minimum Gasteiger partial charge on any atom is -0.361 e. The summed E-state index contributed by atoms with van der Waals surface area (Å²) < 4.78 is 0. The average molecular weight is 279 g/mol. The van der Waals surface area contributed by atoms with Crippen molar-refractivity contribution in [3.8, 4) is 0 Å². The van der Waals surface area contributed by atoms with Gasteiger partial charge in [0.15, 0.2) is 0 Å². The maximum Gasteiger partial charge on any atom is 0.332 e. The Balaban J connectivity index is 2.24. The molecule has 2 N–H and O–H groups in total. The molecule has 1 aromatic rings. The average Bonchev–Trinajstić information content (AvgIpc) is 3.13. The fourth-order valence-corrected chi connectivity index (χ4v) is 2.25. The number of aromatic nitrogens is 2. The van der Waals surface area contributed by atoms with Crippen LogP contribution in [0.3, 0.4) is 0 Å². The Morgan fingerprint density at radius 1 is 1.40 bits per heavy atom. The smallest absolute Gasteiger partial charge is 0.332 e. The van der Waals surface area contributed by atoms with Crippen LogP contribution in [-0.4, -0.2) is 27.5 Å². The third kappa shape index (κ3) is 3.15. The third-order valence-electron chi connectivity index (χ3n) is 3.54. The third-order valence-corrected chi connectivity index (χ3v) is 3.54. The predicted molar refractivity (Wildman–Crippen MR) is 78.0 cm³/mol. The van der Waals surface area contributed by atoms with Crippen LogP contribution >= 0.6 is 0 Å². The lowest BCUT2D eigenvalue weighted by atomic mass is 10.3. The minimum atomic E-state index is -0.412. The molecule has 2 unspecified atom stereocenters. The van der Waals surface area contributed by atoms with Crippen molar-refractivity contribution in [3.63, 3.8) is 0 Å². The molecule has 7 heteroatoms. The first-order valence-electron chi connectivity index (χ1n) is 7.10. The molecule has 0 aromatic carbocycles. The fraction of sp³-hybridized carbons (Fsp3) is 0.692. The van der Waals surface area contributed by atoms with E-state index in [1.54, 1.807) is 6.92 Å². The summed E-state index contributed by atoms with van der Waals surface area (Å²) in [5, 5.41) is 17.5. The van der Waals surface area contributed by atoms with Gasteiger partial charge in [-0.1, -0.05) is 20.3 Å². The molecule has 0 saturated heterocycles. The molecule has 0 bridgehead atoms. The highest BCUT2D eigenvalue weighted by Gasteiger charge is 2.37. The van der Waals surface area contributed by atoms with E-state index in [0.29, 0.717) is 29.4 Å². The van der Waals surface area contributed by atoms with Gasteiger partial charge in [-0.05, 0) is 25.7 Å². The lowest BCUT2D eigenvalue weighted by Gasteiger charge is -2.10. The van der Waals surface area contributed by atoms with Crippen LogP contribution < -0.4 is 10.6 Å². The van der Waals surface area contributed by atoms with Crippen molar-refractivity contribution in [3.05, 3.63) is 15.8 Å². The van der Waals surface area contributed by atoms with Gasteiger partial charge >= 0.3 is 5.69 Å².